The van der Waals surface area contributed by atoms with Gasteiger partial charge in [0.05, 0.1) is 14.2 Å². The monoisotopic (exact) mass is 252 g/mol. The lowest BCUT2D eigenvalue weighted by molar-refractivity contribution is 0.0762. The van der Waals surface area contributed by atoms with Gasteiger partial charge in [0.2, 0.25) is 0 Å². The zero-order valence-electron chi connectivity index (χ0n) is 11.1. The third kappa shape index (κ3) is 2.92. The van der Waals surface area contributed by atoms with Crippen LogP contribution in [0.5, 0.6) is 11.5 Å². The van der Waals surface area contributed by atoms with Crippen LogP contribution >= 0.6 is 0 Å². The molecule has 5 heteroatoms. The Bertz CT molecular complexity index is 385. The maximum Gasteiger partial charge on any atom is 0.261 e. The summed E-state index contributed by atoms with van der Waals surface area (Å²) in [5.74, 6) is 0.891. The number of ether oxygens (including phenoxy) is 2. The van der Waals surface area contributed by atoms with Gasteiger partial charge in [0.15, 0.2) is 0 Å². The highest BCUT2D eigenvalue weighted by atomic mass is 16.5. The number of amides is 1. The van der Waals surface area contributed by atoms with Crippen molar-refractivity contribution in [2.45, 2.75) is 6.92 Å². The minimum atomic E-state index is -0.128. The van der Waals surface area contributed by atoms with E-state index < -0.39 is 0 Å². The summed E-state index contributed by atoms with van der Waals surface area (Å²) in [4.78, 5) is 14.1. The van der Waals surface area contributed by atoms with Crippen molar-refractivity contribution in [1.82, 2.24) is 4.90 Å². The van der Waals surface area contributed by atoms with Gasteiger partial charge in [-0.05, 0) is 19.1 Å². The van der Waals surface area contributed by atoms with Crippen LogP contribution in [0.4, 0.5) is 0 Å². The highest BCUT2D eigenvalue weighted by molar-refractivity contribution is 5.99. The zero-order valence-corrected chi connectivity index (χ0v) is 11.1. The summed E-state index contributed by atoms with van der Waals surface area (Å²) >= 11 is 0. The first-order valence-corrected chi connectivity index (χ1v) is 5.89. The average Bonchev–Trinajstić information content (AvgIpc) is 2.42. The SMILES string of the molecule is CCN(CCN)C(=O)c1c(OC)cccc1OC. The maximum atomic E-state index is 12.4. The number of likely N-dealkylation sites (N-methyl/N-ethyl adjacent to an activating group) is 1. The maximum absolute atomic E-state index is 12.4. The molecular formula is C13H20N2O3. The molecular weight excluding hydrogens is 232 g/mol. The number of nitrogens with two attached hydrogens (primary N) is 1. The molecule has 1 aromatic rings. The van der Waals surface area contributed by atoms with Gasteiger partial charge in [-0.15, -0.1) is 0 Å². The molecule has 0 aliphatic heterocycles. The lowest BCUT2D eigenvalue weighted by atomic mass is 10.1. The highest BCUT2D eigenvalue weighted by Crippen LogP contribution is 2.29. The van der Waals surface area contributed by atoms with E-state index in [2.05, 4.69) is 0 Å². The molecule has 0 fully saturated rings. The van der Waals surface area contributed by atoms with E-state index in [1.54, 1.807) is 23.1 Å². The largest absolute Gasteiger partial charge is 0.496 e. The summed E-state index contributed by atoms with van der Waals surface area (Å²) in [7, 11) is 3.07. The van der Waals surface area contributed by atoms with Crippen LogP contribution in [0.1, 0.15) is 17.3 Å². The number of carbonyl (C=O) groups excluding carboxylic acids is 1. The molecule has 100 valence electrons. The predicted molar refractivity (Wildman–Crippen MR) is 70.2 cm³/mol. The normalized spacial score (nSPS) is 10.0. The van der Waals surface area contributed by atoms with Crippen molar-refractivity contribution in [1.29, 1.82) is 0 Å². The Morgan fingerprint density at radius 3 is 2.22 bits per heavy atom. The van der Waals surface area contributed by atoms with Crippen LogP contribution in [-0.2, 0) is 0 Å². The number of nitrogens with zero attached hydrogens (tertiary/aromatic N) is 1. The average molecular weight is 252 g/mol. The van der Waals surface area contributed by atoms with Gasteiger partial charge in [0, 0.05) is 19.6 Å². The zero-order chi connectivity index (χ0) is 13.5. The molecule has 0 heterocycles. The van der Waals surface area contributed by atoms with Gasteiger partial charge < -0.3 is 20.1 Å². The standard InChI is InChI=1S/C13H20N2O3/c1-4-15(9-8-14)13(16)12-10(17-2)6-5-7-11(12)18-3/h5-7H,4,8-9,14H2,1-3H3. The molecule has 0 aliphatic rings. The molecule has 1 amide bonds. The molecule has 0 saturated heterocycles. The van der Waals surface area contributed by atoms with Crippen molar-refractivity contribution >= 4 is 5.91 Å². The second kappa shape index (κ2) is 6.86. The number of rotatable bonds is 6. The van der Waals surface area contributed by atoms with E-state index in [4.69, 9.17) is 15.2 Å². The fraction of sp³-hybridized carbons (Fsp3) is 0.462. The quantitative estimate of drug-likeness (QED) is 0.824. The smallest absolute Gasteiger partial charge is 0.261 e. The summed E-state index contributed by atoms with van der Waals surface area (Å²) < 4.78 is 10.4. The van der Waals surface area contributed by atoms with Crippen LogP contribution in [-0.4, -0.2) is 44.7 Å². The van der Waals surface area contributed by atoms with Crippen molar-refractivity contribution < 1.29 is 14.3 Å². The van der Waals surface area contributed by atoms with Gasteiger partial charge in [-0.3, -0.25) is 4.79 Å². The Balaban J connectivity index is 3.16. The van der Waals surface area contributed by atoms with Crippen LogP contribution in [0.25, 0.3) is 0 Å². The van der Waals surface area contributed by atoms with Crippen LogP contribution in [0, 0.1) is 0 Å². The van der Waals surface area contributed by atoms with E-state index >= 15 is 0 Å². The molecule has 0 atom stereocenters. The molecule has 1 aromatic carbocycles. The van der Waals surface area contributed by atoms with E-state index in [9.17, 15) is 4.79 Å². The fourth-order valence-corrected chi connectivity index (χ4v) is 1.78. The molecule has 2 N–H and O–H groups in total. The van der Waals surface area contributed by atoms with E-state index in [1.165, 1.54) is 14.2 Å². The number of carbonyl (C=O) groups is 1. The summed E-state index contributed by atoms with van der Waals surface area (Å²) in [6.45, 7) is 3.44. The topological polar surface area (TPSA) is 64.8 Å². The Labute approximate surface area is 107 Å². The molecule has 0 aliphatic carbocycles. The molecule has 0 radical (unpaired) electrons. The first kappa shape index (κ1) is 14.3. The summed E-state index contributed by atoms with van der Waals surface area (Å²) in [5, 5.41) is 0. The van der Waals surface area contributed by atoms with Crippen molar-refractivity contribution in [2.24, 2.45) is 5.73 Å². The number of hydrogen-bond acceptors (Lipinski definition) is 4. The summed E-state index contributed by atoms with van der Waals surface area (Å²) in [5.41, 5.74) is 5.95. The third-order valence-electron chi connectivity index (χ3n) is 2.71. The van der Waals surface area contributed by atoms with Gasteiger partial charge in [0.1, 0.15) is 17.1 Å². The number of methoxy groups -OCH3 is 2. The fourth-order valence-electron chi connectivity index (χ4n) is 1.78. The molecule has 0 spiro atoms. The minimum absolute atomic E-state index is 0.128. The lowest BCUT2D eigenvalue weighted by Gasteiger charge is -2.22. The van der Waals surface area contributed by atoms with Crippen molar-refractivity contribution in [3.05, 3.63) is 23.8 Å². The lowest BCUT2D eigenvalue weighted by Crippen LogP contribution is -2.35. The molecule has 1 rings (SSSR count). The van der Waals surface area contributed by atoms with Crippen LogP contribution in [0.3, 0.4) is 0 Å². The van der Waals surface area contributed by atoms with E-state index in [0.29, 0.717) is 36.7 Å². The first-order chi connectivity index (χ1) is 8.69. The Kier molecular flexibility index (Phi) is 5.45. The van der Waals surface area contributed by atoms with E-state index in [-0.39, 0.29) is 5.91 Å². The number of hydrogen-bond donors (Lipinski definition) is 1. The molecule has 0 saturated carbocycles. The minimum Gasteiger partial charge on any atom is -0.496 e. The van der Waals surface area contributed by atoms with Crippen molar-refractivity contribution in [3.63, 3.8) is 0 Å². The Morgan fingerprint density at radius 2 is 1.83 bits per heavy atom. The first-order valence-electron chi connectivity index (χ1n) is 5.89. The third-order valence-corrected chi connectivity index (χ3v) is 2.71. The van der Waals surface area contributed by atoms with Gasteiger partial charge in [-0.2, -0.15) is 0 Å². The predicted octanol–water partition coefficient (Wildman–Crippen LogP) is 1.12. The van der Waals surface area contributed by atoms with Crippen LogP contribution < -0.4 is 15.2 Å². The van der Waals surface area contributed by atoms with E-state index in [0.717, 1.165) is 0 Å². The summed E-state index contributed by atoms with van der Waals surface area (Å²) in [6, 6.07) is 5.27. The van der Waals surface area contributed by atoms with Gasteiger partial charge in [-0.1, -0.05) is 6.07 Å². The Morgan fingerprint density at radius 1 is 1.28 bits per heavy atom. The second-order valence-corrected chi connectivity index (χ2v) is 3.71. The molecule has 0 aromatic heterocycles. The van der Waals surface area contributed by atoms with Crippen LogP contribution in [0.2, 0.25) is 0 Å². The summed E-state index contributed by atoms with van der Waals surface area (Å²) in [6.07, 6.45) is 0. The molecule has 5 nitrogen and oxygen atoms in total. The molecule has 0 bridgehead atoms. The Hall–Kier alpha value is -1.75. The van der Waals surface area contributed by atoms with Crippen molar-refractivity contribution in [2.75, 3.05) is 33.9 Å². The van der Waals surface area contributed by atoms with Crippen LogP contribution in [0.15, 0.2) is 18.2 Å². The van der Waals surface area contributed by atoms with Gasteiger partial charge in [-0.25, -0.2) is 0 Å². The number of benzene rings is 1. The highest BCUT2D eigenvalue weighted by Gasteiger charge is 2.22. The molecule has 18 heavy (non-hydrogen) atoms. The van der Waals surface area contributed by atoms with Gasteiger partial charge in [0.25, 0.3) is 5.91 Å². The molecule has 0 unspecified atom stereocenters. The second-order valence-electron chi connectivity index (χ2n) is 3.71. The van der Waals surface area contributed by atoms with E-state index in [1.807, 2.05) is 6.92 Å². The van der Waals surface area contributed by atoms with Crippen molar-refractivity contribution in [3.8, 4) is 11.5 Å². The van der Waals surface area contributed by atoms with Gasteiger partial charge >= 0.3 is 0 Å².